The number of carbonyl (C=O) groups excluding carboxylic acids is 1. The summed E-state index contributed by atoms with van der Waals surface area (Å²) in [6.45, 7) is 8.75. The highest BCUT2D eigenvalue weighted by atomic mass is 16.5. The first-order valence-corrected chi connectivity index (χ1v) is 8.33. The third-order valence-corrected chi connectivity index (χ3v) is 5.73. The minimum absolute atomic E-state index is 0.00830. The second-order valence-corrected chi connectivity index (χ2v) is 7.23. The maximum atomic E-state index is 12.1. The Morgan fingerprint density at radius 2 is 1.91 bits per heavy atom. The highest BCUT2D eigenvalue weighted by Crippen LogP contribution is 2.51. The molecule has 0 bridgehead atoms. The lowest BCUT2D eigenvalue weighted by atomic mass is 9.61. The molecule has 3 rings (SSSR count). The monoisotopic (exact) mass is 298 g/mol. The summed E-state index contributed by atoms with van der Waals surface area (Å²) < 4.78 is 5.79. The summed E-state index contributed by atoms with van der Waals surface area (Å²) >= 11 is 0. The van der Waals surface area contributed by atoms with E-state index in [1.807, 2.05) is 6.92 Å². The van der Waals surface area contributed by atoms with Crippen LogP contribution in [0, 0.1) is 0 Å². The molecule has 1 aromatic rings. The van der Waals surface area contributed by atoms with Crippen LogP contribution in [-0.4, -0.2) is 12.9 Å². The summed E-state index contributed by atoms with van der Waals surface area (Å²) in [5.41, 5.74) is 6.40. The second-order valence-electron chi connectivity index (χ2n) is 7.23. The van der Waals surface area contributed by atoms with Gasteiger partial charge >= 0.3 is 0 Å². The van der Waals surface area contributed by atoms with Gasteiger partial charge < -0.3 is 4.74 Å². The number of benzene rings is 1. The van der Waals surface area contributed by atoms with Gasteiger partial charge in [0.2, 0.25) is 0 Å². The van der Waals surface area contributed by atoms with E-state index < -0.39 is 0 Å². The fourth-order valence-corrected chi connectivity index (χ4v) is 4.40. The molecule has 2 heteroatoms. The zero-order valence-electron chi connectivity index (χ0n) is 14.4. The third-order valence-electron chi connectivity index (χ3n) is 5.73. The quantitative estimate of drug-likeness (QED) is 0.791. The summed E-state index contributed by atoms with van der Waals surface area (Å²) in [4.78, 5) is 12.1. The Hall–Kier alpha value is -1.57. The van der Waals surface area contributed by atoms with Crippen LogP contribution in [0.2, 0.25) is 0 Å². The normalized spacial score (nSPS) is 24.4. The van der Waals surface area contributed by atoms with Crippen molar-refractivity contribution < 1.29 is 9.53 Å². The zero-order chi connectivity index (χ0) is 16.1. The van der Waals surface area contributed by atoms with Gasteiger partial charge in [0.25, 0.3) is 0 Å². The van der Waals surface area contributed by atoms with Gasteiger partial charge in [0, 0.05) is 11.8 Å². The summed E-state index contributed by atoms with van der Waals surface area (Å²) in [6.07, 6.45) is 3.56. The average Bonchev–Trinajstić information content (AvgIpc) is 2.50. The Bertz CT molecular complexity index is 667. The largest absolute Gasteiger partial charge is 0.496 e. The molecule has 0 fully saturated rings. The fourth-order valence-electron chi connectivity index (χ4n) is 4.40. The molecule has 0 unspecified atom stereocenters. The van der Waals surface area contributed by atoms with Crippen LogP contribution in [0.3, 0.4) is 0 Å². The number of ketones is 1. The molecule has 1 aromatic carbocycles. The number of fused-ring (bicyclic) bond motifs is 3. The van der Waals surface area contributed by atoms with Gasteiger partial charge in [0.15, 0.2) is 5.78 Å². The second kappa shape index (κ2) is 5.26. The number of hydrogen-bond donors (Lipinski definition) is 0. The van der Waals surface area contributed by atoms with Crippen molar-refractivity contribution in [3.63, 3.8) is 0 Å². The lowest BCUT2D eigenvalue weighted by molar-refractivity contribution is -0.116. The van der Waals surface area contributed by atoms with Gasteiger partial charge in [-0.2, -0.15) is 0 Å². The average molecular weight is 298 g/mol. The number of carbonyl (C=O) groups is 1. The summed E-state index contributed by atoms with van der Waals surface area (Å²) in [6, 6.07) is 4.51. The molecule has 0 aliphatic heterocycles. The molecule has 118 valence electrons. The molecule has 0 aromatic heterocycles. The van der Waals surface area contributed by atoms with Crippen LogP contribution in [0.5, 0.6) is 5.75 Å². The van der Waals surface area contributed by atoms with Crippen molar-refractivity contribution in [1.29, 1.82) is 0 Å². The van der Waals surface area contributed by atoms with Crippen LogP contribution in [0.15, 0.2) is 23.3 Å². The Balaban J connectivity index is 2.23. The Kier molecular flexibility index (Phi) is 3.66. The zero-order valence-corrected chi connectivity index (χ0v) is 14.4. The van der Waals surface area contributed by atoms with Crippen molar-refractivity contribution in [2.45, 2.75) is 64.7 Å². The van der Waals surface area contributed by atoms with Gasteiger partial charge in [-0.15, -0.1) is 0 Å². The molecule has 0 radical (unpaired) electrons. The molecule has 22 heavy (non-hydrogen) atoms. The molecular formula is C20H26O2. The fraction of sp³-hybridized carbons (Fsp3) is 0.550. The SMILES string of the molecule is COc1c(C(C)C)ccc2c1CCC1=C(C)C(=O)CC[C@]12C. The predicted molar refractivity (Wildman–Crippen MR) is 89.7 cm³/mol. The van der Waals surface area contributed by atoms with Gasteiger partial charge in [-0.25, -0.2) is 0 Å². The smallest absolute Gasteiger partial charge is 0.158 e. The summed E-state index contributed by atoms with van der Waals surface area (Å²) in [5, 5.41) is 0. The van der Waals surface area contributed by atoms with Crippen LogP contribution in [0.1, 0.15) is 69.6 Å². The molecule has 2 aliphatic carbocycles. The predicted octanol–water partition coefficient (Wildman–Crippen LogP) is 4.70. The van der Waals surface area contributed by atoms with Crippen molar-refractivity contribution in [3.8, 4) is 5.75 Å². The number of ether oxygens (including phenoxy) is 1. The van der Waals surface area contributed by atoms with Crippen molar-refractivity contribution >= 4 is 5.78 Å². The van der Waals surface area contributed by atoms with Crippen molar-refractivity contribution in [2.75, 3.05) is 7.11 Å². The van der Waals surface area contributed by atoms with Gasteiger partial charge in [0.1, 0.15) is 5.75 Å². The van der Waals surface area contributed by atoms with E-state index >= 15 is 0 Å². The number of hydrogen-bond acceptors (Lipinski definition) is 2. The lowest BCUT2D eigenvalue weighted by Crippen LogP contribution is -2.36. The molecule has 0 amide bonds. The van der Waals surface area contributed by atoms with Crippen LogP contribution in [-0.2, 0) is 16.6 Å². The minimum atomic E-state index is 0.00830. The first-order valence-electron chi connectivity index (χ1n) is 8.33. The van der Waals surface area contributed by atoms with Gasteiger partial charge in [-0.1, -0.05) is 38.5 Å². The Labute approximate surface area is 133 Å². The van der Waals surface area contributed by atoms with E-state index in [-0.39, 0.29) is 5.41 Å². The molecular weight excluding hydrogens is 272 g/mol. The van der Waals surface area contributed by atoms with Crippen molar-refractivity contribution in [3.05, 3.63) is 40.0 Å². The number of Topliss-reactive ketones (excluding diaryl/α,β-unsaturated/α-hetero) is 1. The molecule has 0 saturated heterocycles. The van der Waals surface area contributed by atoms with E-state index in [1.165, 1.54) is 22.3 Å². The Morgan fingerprint density at radius 1 is 1.18 bits per heavy atom. The van der Waals surface area contributed by atoms with Crippen molar-refractivity contribution in [1.82, 2.24) is 0 Å². The maximum Gasteiger partial charge on any atom is 0.158 e. The molecule has 0 saturated carbocycles. The van der Waals surface area contributed by atoms with Gasteiger partial charge in [0.05, 0.1) is 7.11 Å². The van der Waals surface area contributed by atoms with Crippen LogP contribution < -0.4 is 4.74 Å². The van der Waals surface area contributed by atoms with E-state index in [0.29, 0.717) is 18.1 Å². The molecule has 1 atom stereocenters. The van der Waals surface area contributed by atoms with E-state index in [9.17, 15) is 4.79 Å². The Morgan fingerprint density at radius 3 is 2.55 bits per heavy atom. The third kappa shape index (κ3) is 2.04. The molecule has 0 heterocycles. The van der Waals surface area contributed by atoms with Crippen LogP contribution in [0.4, 0.5) is 0 Å². The number of rotatable bonds is 2. The van der Waals surface area contributed by atoms with Crippen LogP contribution in [0.25, 0.3) is 0 Å². The first kappa shape index (κ1) is 15.3. The summed E-state index contributed by atoms with van der Waals surface area (Å²) in [5.74, 6) is 1.86. The van der Waals surface area contributed by atoms with Gasteiger partial charge in [-0.05, 0) is 54.4 Å². The minimum Gasteiger partial charge on any atom is -0.496 e. The van der Waals surface area contributed by atoms with E-state index in [2.05, 4.69) is 32.9 Å². The molecule has 2 nitrogen and oxygen atoms in total. The van der Waals surface area contributed by atoms with Crippen molar-refractivity contribution in [2.24, 2.45) is 0 Å². The molecule has 0 spiro atoms. The van der Waals surface area contributed by atoms with Gasteiger partial charge in [-0.3, -0.25) is 4.79 Å². The standard InChI is InChI=1S/C20H26O2/c1-12(2)14-6-9-17-15(19(14)22-5)7-8-16-13(3)18(21)10-11-20(16,17)4/h6,9,12H,7-8,10-11H2,1-5H3/t20-/m1/s1. The van der Waals surface area contributed by atoms with E-state index in [1.54, 1.807) is 7.11 Å². The van der Waals surface area contributed by atoms with E-state index in [0.717, 1.165) is 30.6 Å². The summed E-state index contributed by atoms with van der Waals surface area (Å²) in [7, 11) is 1.78. The molecule has 0 N–H and O–H groups in total. The topological polar surface area (TPSA) is 26.3 Å². The number of allylic oxidation sites excluding steroid dienone is 2. The maximum absolute atomic E-state index is 12.1. The number of methoxy groups -OCH3 is 1. The first-order chi connectivity index (χ1) is 10.4. The molecule has 2 aliphatic rings. The lowest BCUT2D eigenvalue weighted by Gasteiger charge is -2.43. The van der Waals surface area contributed by atoms with Crippen LogP contribution >= 0.6 is 0 Å². The highest BCUT2D eigenvalue weighted by Gasteiger charge is 2.42. The van der Waals surface area contributed by atoms with E-state index in [4.69, 9.17) is 4.74 Å². The highest BCUT2D eigenvalue weighted by molar-refractivity contribution is 5.97.